The molecule has 1 unspecified atom stereocenters. The Balaban J connectivity index is 0.00000392. The maximum Gasteiger partial charge on any atom is 0.196 e. The van der Waals surface area contributed by atoms with Crippen LogP contribution in [0.4, 0.5) is 5.69 Å². The topological polar surface area (TPSA) is 64.1 Å². The quantitative estimate of drug-likeness (QED) is 0.156. The molecule has 0 radical (unpaired) electrons. The number of ether oxygens (including phenoxy) is 3. The molecule has 0 saturated carbocycles. The highest BCUT2D eigenvalue weighted by atomic mass is 127. The minimum atomic E-state index is 0. The molecule has 1 fully saturated rings. The van der Waals surface area contributed by atoms with Crippen molar-refractivity contribution in [2.45, 2.75) is 45.3 Å². The number of guanidine groups is 1. The van der Waals surface area contributed by atoms with E-state index in [1.165, 1.54) is 0 Å². The predicted octanol–water partition coefficient (Wildman–Crippen LogP) is 4.22. The van der Waals surface area contributed by atoms with Crippen LogP contribution in [0.1, 0.15) is 33.1 Å². The highest BCUT2D eigenvalue weighted by Crippen LogP contribution is 2.17. The van der Waals surface area contributed by atoms with E-state index in [1.54, 1.807) is 0 Å². The fraction of sp³-hybridized carbons (Fsp3) is 0.571. The van der Waals surface area contributed by atoms with Crippen LogP contribution in [-0.2, 0) is 9.47 Å². The van der Waals surface area contributed by atoms with Gasteiger partial charge in [-0.1, -0.05) is 6.08 Å². The maximum atomic E-state index is 5.68. The molecule has 6 nitrogen and oxygen atoms in total. The lowest BCUT2D eigenvalue weighted by Crippen LogP contribution is -2.31. The third-order valence-corrected chi connectivity index (χ3v) is 3.95. The van der Waals surface area contributed by atoms with E-state index in [1.807, 2.05) is 44.2 Å². The molecule has 7 heteroatoms. The number of rotatable bonds is 11. The molecule has 1 atom stereocenters. The van der Waals surface area contributed by atoms with Crippen LogP contribution in [0.15, 0.2) is 41.9 Å². The second kappa shape index (κ2) is 14.6. The van der Waals surface area contributed by atoms with Crippen LogP contribution in [0.5, 0.6) is 5.75 Å². The Bertz CT molecular complexity index is 573. The molecule has 158 valence electrons. The monoisotopic (exact) mass is 503 g/mol. The molecule has 0 aliphatic carbocycles. The van der Waals surface area contributed by atoms with E-state index in [0.29, 0.717) is 26.3 Å². The van der Waals surface area contributed by atoms with Crippen LogP contribution in [0.25, 0.3) is 0 Å². The number of hydrogen-bond donors (Lipinski definition) is 2. The Morgan fingerprint density at radius 3 is 2.79 bits per heavy atom. The van der Waals surface area contributed by atoms with Gasteiger partial charge in [0, 0.05) is 32.0 Å². The maximum absolute atomic E-state index is 5.68. The average Bonchev–Trinajstić information content (AvgIpc) is 3.17. The lowest BCUT2D eigenvalue weighted by molar-refractivity contribution is 0.0171. The molecule has 1 aliphatic heterocycles. The first kappa shape index (κ1) is 24.7. The third kappa shape index (κ3) is 10.3. The van der Waals surface area contributed by atoms with Gasteiger partial charge in [-0.25, -0.2) is 0 Å². The van der Waals surface area contributed by atoms with E-state index in [9.17, 15) is 0 Å². The zero-order valence-electron chi connectivity index (χ0n) is 17.0. The predicted molar refractivity (Wildman–Crippen MR) is 126 cm³/mol. The molecule has 1 aromatic carbocycles. The van der Waals surface area contributed by atoms with Crippen molar-refractivity contribution in [3.05, 3.63) is 36.9 Å². The number of nitrogens with zero attached hydrogens (tertiary/aromatic N) is 1. The fourth-order valence-electron chi connectivity index (χ4n) is 2.68. The van der Waals surface area contributed by atoms with E-state index in [-0.39, 0.29) is 36.2 Å². The number of nitrogens with one attached hydrogen (secondary N) is 2. The van der Waals surface area contributed by atoms with Gasteiger partial charge in [-0.2, -0.15) is 0 Å². The summed E-state index contributed by atoms with van der Waals surface area (Å²) in [4.78, 5) is 4.60. The SMILES string of the molecule is C=CCNC(=NCCCOCC1CCCO1)Nc1ccc(OC(C)C)cc1.I. The van der Waals surface area contributed by atoms with Crippen molar-refractivity contribution in [1.29, 1.82) is 0 Å². The van der Waals surface area contributed by atoms with Crippen LogP contribution in [-0.4, -0.2) is 51.1 Å². The summed E-state index contributed by atoms with van der Waals surface area (Å²) in [5, 5.41) is 6.53. The lowest BCUT2D eigenvalue weighted by atomic mass is 10.2. The van der Waals surface area contributed by atoms with Gasteiger partial charge in [0.2, 0.25) is 0 Å². The minimum absolute atomic E-state index is 0. The Labute approximate surface area is 186 Å². The molecule has 1 saturated heterocycles. The molecule has 1 aliphatic rings. The highest BCUT2D eigenvalue weighted by molar-refractivity contribution is 14.0. The van der Waals surface area contributed by atoms with E-state index < -0.39 is 0 Å². The van der Waals surface area contributed by atoms with Crippen molar-refractivity contribution in [1.82, 2.24) is 5.32 Å². The smallest absolute Gasteiger partial charge is 0.196 e. The van der Waals surface area contributed by atoms with Crippen molar-refractivity contribution in [3.63, 3.8) is 0 Å². The third-order valence-electron chi connectivity index (χ3n) is 3.95. The fourth-order valence-corrected chi connectivity index (χ4v) is 2.68. The van der Waals surface area contributed by atoms with Gasteiger partial charge in [0.25, 0.3) is 0 Å². The molecule has 1 heterocycles. The van der Waals surface area contributed by atoms with Crippen molar-refractivity contribution in [3.8, 4) is 5.75 Å². The number of aliphatic imine (C=N–C) groups is 1. The van der Waals surface area contributed by atoms with Crippen LogP contribution in [0.3, 0.4) is 0 Å². The summed E-state index contributed by atoms with van der Waals surface area (Å²) >= 11 is 0. The van der Waals surface area contributed by atoms with Crippen molar-refractivity contribution < 1.29 is 14.2 Å². The van der Waals surface area contributed by atoms with Gasteiger partial charge in [0.1, 0.15) is 5.75 Å². The van der Waals surface area contributed by atoms with Crippen molar-refractivity contribution in [2.24, 2.45) is 4.99 Å². The molecule has 0 bridgehead atoms. The van der Waals surface area contributed by atoms with E-state index in [2.05, 4.69) is 22.2 Å². The first-order valence-electron chi connectivity index (χ1n) is 9.79. The van der Waals surface area contributed by atoms with Gasteiger partial charge in [-0.05, 0) is 57.4 Å². The molecule has 0 amide bonds. The van der Waals surface area contributed by atoms with Crippen LogP contribution in [0.2, 0.25) is 0 Å². The van der Waals surface area contributed by atoms with Crippen molar-refractivity contribution >= 4 is 35.6 Å². The van der Waals surface area contributed by atoms with Gasteiger partial charge >= 0.3 is 0 Å². The Hall–Kier alpha value is -1.32. The van der Waals surface area contributed by atoms with Gasteiger partial charge in [-0.3, -0.25) is 4.99 Å². The summed E-state index contributed by atoms with van der Waals surface area (Å²) in [6, 6.07) is 7.86. The molecule has 28 heavy (non-hydrogen) atoms. The summed E-state index contributed by atoms with van der Waals surface area (Å²) in [5.74, 6) is 1.59. The molecule has 0 aromatic heterocycles. The van der Waals surface area contributed by atoms with Crippen LogP contribution in [0, 0.1) is 0 Å². The summed E-state index contributed by atoms with van der Waals surface area (Å²) in [6.45, 7) is 11.4. The second-order valence-corrected chi connectivity index (χ2v) is 6.78. The summed E-state index contributed by atoms with van der Waals surface area (Å²) in [6.07, 6.45) is 5.38. The zero-order valence-corrected chi connectivity index (χ0v) is 19.3. The molecule has 2 N–H and O–H groups in total. The molecule has 0 spiro atoms. The summed E-state index contributed by atoms with van der Waals surface area (Å²) in [5.41, 5.74) is 0.955. The summed E-state index contributed by atoms with van der Waals surface area (Å²) < 4.78 is 16.9. The Kier molecular flexibility index (Phi) is 12.9. The van der Waals surface area contributed by atoms with E-state index in [0.717, 1.165) is 43.3 Å². The normalized spacial score (nSPS) is 16.5. The number of hydrogen-bond acceptors (Lipinski definition) is 4. The standard InChI is InChI=1S/C21H33N3O3.HI/c1-4-12-22-21(23-13-6-14-25-16-20-7-5-15-26-20)24-18-8-10-19(11-9-18)27-17(2)3;/h4,8-11,17,20H,1,5-7,12-16H2,2-3H3,(H2,22,23,24);1H. The minimum Gasteiger partial charge on any atom is -0.491 e. The van der Waals surface area contributed by atoms with Gasteiger partial charge in [-0.15, -0.1) is 30.6 Å². The first-order valence-corrected chi connectivity index (χ1v) is 9.79. The first-order chi connectivity index (χ1) is 13.2. The average molecular weight is 503 g/mol. The number of benzene rings is 1. The van der Waals surface area contributed by atoms with Crippen LogP contribution < -0.4 is 15.4 Å². The second-order valence-electron chi connectivity index (χ2n) is 6.78. The van der Waals surface area contributed by atoms with E-state index >= 15 is 0 Å². The highest BCUT2D eigenvalue weighted by Gasteiger charge is 2.14. The molecular weight excluding hydrogens is 469 g/mol. The van der Waals surface area contributed by atoms with Gasteiger partial charge in [0.05, 0.1) is 18.8 Å². The lowest BCUT2D eigenvalue weighted by Gasteiger charge is -2.13. The molecule has 1 aromatic rings. The molecular formula is C21H34IN3O3. The Morgan fingerprint density at radius 1 is 1.36 bits per heavy atom. The van der Waals surface area contributed by atoms with Gasteiger partial charge < -0.3 is 24.8 Å². The largest absolute Gasteiger partial charge is 0.491 e. The van der Waals surface area contributed by atoms with Crippen LogP contribution >= 0.6 is 24.0 Å². The van der Waals surface area contributed by atoms with Crippen molar-refractivity contribution in [2.75, 3.05) is 38.2 Å². The van der Waals surface area contributed by atoms with E-state index in [4.69, 9.17) is 14.2 Å². The summed E-state index contributed by atoms with van der Waals surface area (Å²) in [7, 11) is 0. The zero-order chi connectivity index (χ0) is 19.3. The Morgan fingerprint density at radius 2 is 2.14 bits per heavy atom. The number of halogens is 1. The molecule has 2 rings (SSSR count). The van der Waals surface area contributed by atoms with Gasteiger partial charge in [0.15, 0.2) is 5.96 Å². The number of anilines is 1.